The molecule has 94 valence electrons. The summed E-state index contributed by atoms with van der Waals surface area (Å²) in [5.41, 5.74) is 1.84. The Morgan fingerprint density at radius 1 is 1.21 bits per heavy atom. The molecule has 0 aliphatic carbocycles. The van der Waals surface area contributed by atoms with Gasteiger partial charge in [-0.1, -0.05) is 18.2 Å². The third-order valence-corrected chi connectivity index (χ3v) is 2.88. The van der Waals surface area contributed by atoms with Crippen molar-refractivity contribution in [1.29, 1.82) is 0 Å². The Morgan fingerprint density at radius 3 is 2.89 bits per heavy atom. The van der Waals surface area contributed by atoms with Crippen LogP contribution < -0.4 is 10.3 Å². The smallest absolute Gasteiger partial charge is 0.293 e. The molecule has 0 bridgehead atoms. The number of benzene rings is 1. The minimum Gasteiger partial charge on any atom is -0.490 e. The zero-order valence-corrected chi connectivity index (χ0v) is 10.3. The monoisotopic (exact) mass is 253 g/mol. The lowest BCUT2D eigenvalue weighted by Gasteiger charge is -2.06. The van der Waals surface area contributed by atoms with E-state index in [1.807, 2.05) is 30.3 Å². The summed E-state index contributed by atoms with van der Waals surface area (Å²) in [5.74, 6) is 0.194. The van der Waals surface area contributed by atoms with Crippen LogP contribution in [0.4, 0.5) is 0 Å². The maximum Gasteiger partial charge on any atom is 0.293 e. The van der Waals surface area contributed by atoms with Crippen molar-refractivity contribution in [2.45, 2.75) is 0 Å². The van der Waals surface area contributed by atoms with Gasteiger partial charge in [-0.2, -0.15) is 0 Å². The van der Waals surface area contributed by atoms with Crippen LogP contribution in [0.5, 0.6) is 5.75 Å². The largest absolute Gasteiger partial charge is 0.490 e. The summed E-state index contributed by atoms with van der Waals surface area (Å²) in [7, 11) is 1.45. The van der Waals surface area contributed by atoms with Crippen molar-refractivity contribution in [1.82, 2.24) is 15.0 Å². The number of aromatic amines is 1. The van der Waals surface area contributed by atoms with E-state index in [0.717, 1.165) is 16.5 Å². The van der Waals surface area contributed by atoms with Crippen molar-refractivity contribution in [2.75, 3.05) is 7.11 Å². The number of nitrogens with one attached hydrogen (secondary N) is 1. The molecule has 1 aromatic carbocycles. The lowest BCUT2D eigenvalue weighted by Crippen LogP contribution is -2.11. The van der Waals surface area contributed by atoms with Crippen molar-refractivity contribution in [3.05, 3.63) is 53.2 Å². The fourth-order valence-corrected chi connectivity index (χ4v) is 1.98. The van der Waals surface area contributed by atoms with Crippen LogP contribution in [-0.2, 0) is 0 Å². The molecule has 0 fully saturated rings. The van der Waals surface area contributed by atoms with E-state index >= 15 is 0 Å². The molecule has 0 aliphatic heterocycles. The first-order chi connectivity index (χ1) is 9.29. The molecule has 0 saturated carbocycles. The summed E-state index contributed by atoms with van der Waals surface area (Å²) >= 11 is 0. The van der Waals surface area contributed by atoms with Gasteiger partial charge in [0.1, 0.15) is 5.69 Å². The van der Waals surface area contributed by atoms with Crippen LogP contribution >= 0.6 is 0 Å². The Bertz CT molecular complexity index is 796. The van der Waals surface area contributed by atoms with E-state index in [9.17, 15) is 4.79 Å². The van der Waals surface area contributed by atoms with Gasteiger partial charge in [0.25, 0.3) is 5.56 Å². The number of ether oxygens (including phenoxy) is 1. The van der Waals surface area contributed by atoms with Crippen molar-refractivity contribution < 1.29 is 4.74 Å². The molecule has 0 radical (unpaired) electrons. The first-order valence-electron chi connectivity index (χ1n) is 5.76. The number of para-hydroxylation sites is 1. The first-order valence-corrected chi connectivity index (χ1v) is 5.76. The fourth-order valence-electron chi connectivity index (χ4n) is 1.98. The lowest BCUT2D eigenvalue weighted by molar-refractivity contribution is 0.408. The van der Waals surface area contributed by atoms with Crippen LogP contribution in [0.2, 0.25) is 0 Å². The highest BCUT2D eigenvalue weighted by molar-refractivity contribution is 5.83. The molecule has 5 heteroatoms. The summed E-state index contributed by atoms with van der Waals surface area (Å²) < 4.78 is 5.11. The van der Waals surface area contributed by atoms with Gasteiger partial charge >= 0.3 is 0 Å². The Balaban J connectivity index is 2.25. The number of aromatic nitrogens is 3. The molecular weight excluding hydrogens is 242 g/mol. The normalized spacial score (nSPS) is 10.6. The minimum atomic E-state index is -0.305. The summed E-state index contributed by atoms with van der Waals surface area (Å²) in [6.45, 7) is 0. The molecule has 0 unspecified atom stereocenters. The fraction of sp³-hybridized carbons (Fsp3) is 0.0714. The highest BCUT2D eigenvalue weighted by Gasteiger charge is 2.11. The molecule has 1 N–H and O–H groups in total. The van der Waals surface area contributed by atoms with E-state index in [4.69, 9.17) is 4.74 Å². The van der Waals surface area contributed by atoms with Crippen LogP contribution in [0.15, 0.2) is 47.7 Å². The van der Waals surface area contributed by atoms with Gasteiger partial charge in [-0.25, -0.2) is 4.98 Å². The number of methoxy groups -OCH3 is 1. The van der Waals surface area contributed by atoms with Crippen LogP contribution in [0.3, 0.4) is 0 Å². The number of fused-ring (bicyclic) bond motifs is 1. The number of H-pyrrole nitrogens is 1. The number of hydrogen-bond donors (Lipinski definition) is 1. The van der Waals surface area contributed by atoms with Crippen LogP contribution in [0, 0.1) is 0 Å². The van der Waals surface area contributed by atoms with Gasteiger partial charge in [0.2, 0.25) is 5.75 Å². The van der Waals surface area contributed by atoms with Crippen LogP contribution in [0.1, 0.15) is 0 Å². The molecule has 2 aromatic heterocycles. The van der Waals surface area contributed by atoms with Crippen molar-refractivity contribution >= 4 is 10.9 Å². The number of pyridine rings is 1. The number of rotatable bonds is 2. The highest BCUT2D eigenvalue weighted by Crippen LogP contribution is 2.25. The van der Waals surface area contributed by atoms with Crippen LogP contribution in [-0.4, -0.2) is 22.1 Å². The third-order valence-electron chi connectivity index (χ3n) is 2.88. The zero-order chi connectivity index (χ0) is 13.2. The second-order valence-electron chi connectivity index (χ2n) is 4.03. The molecule has 0 saturated heterocycles. The molecule has 0 amide bonds. The second kappa shape index (κ2) is 4.53. The average molecular weight is 253 g/mol. The SMILES string of the molecule is COc1c(-c2cnc3ccccc3c2)nc[nH]c1=O. The molecule has 0 spiro atoms. The van der Waals surface area contributed by atoms with Gasteiger partial charge in [-0.15, -0.1) is 0 Å². The van der Waals surface area contributed by atoms with Crippen molar-refractivity contribution in [2.24, 2.45) is 0 Å². The molecular formula is C14H11N3O2. The Morgan fingerprint density at radius 2 is 2.05 bits per heavy atom. The summed E-state index contributed by atoms with van der Waals surface area (Å²) in [6.07, 6.45) is 3.04. The topological polar surface area (TPSA) is 67.9 Å². The van der Waals surface area contributed by atoms with Gasteiger partial charge in [-0.3, -0.25) is 9.78 Å². The number of hydrogen-bond acceptors (Lipinski definition) is 4. The predicted molar refractivity (Wildman–Crippen MR) is 72.1 cm³/mol. The Hall–Kier alpha value is -2.69. The van der Waals surface area contributed by atoms with E-state index in [-0.39, 0.29) is 11.3 Å². The summed E-state index contributed by atoms with van der Waals surface area (Å²) in [4.78, 5) is 22.7. The highest BCUT2D eigenvalue weighted by atomic mass is 16.5. The van der Waals surface area contributed by atoms with Gasteiger partial charge in [-0.05, 0) is 12.1 Å². The molecule has 19 heavy (non-hydrogen) atoms. The van der Waals surface area contributed by atoms with Gasteiger partial charge in [0.15, 0.2) is 0 Å². The van der Waals surface area contributed by atoms with E-state index < -0.39 is 0 Å². The van der Waals surface area contributed by atoms with Crippen molar-refractivity contribution in [3.8, 4) is 17.0 Å². The van der Waals surface area contributed by atoms with Gasteiger partial charge in [0, 0.05) is 17.1 Å². The lowest BCUT2D eigenvalue weighted by atomic mass is 10.1. The minimum absolute atomic E-state index is 0.194. The van der Waals surface area contributed by atoms with E-state index in [0.29, 0.717) is 5.69 Å². The molecule has 0 aliphatic rings. The second-order valence-corrected chi connectivity index (χ2v) is 4.03. The maximum atomic E-state index is 11.7. The van der Waals surface area contributed by atoms with E-state index in [1.165, 1.54) is 13.4 Å². The predicted octanol–water partition coefficient (Wildman–Crippen LogP) is 1.99. The summed E-state index contributed by atoms with van der Waals surface area (Å²) in [5, 5.41) is 0.990. The standard InChI is InChI=1S/C14H11N3O2/c1-19-13-12(16-8-17-14(13)18)10-6-9-4-2-3-5-11(9)15-7-10/h2-8H,1H3,(H,16,17,18). The summed E-state index contributed by atoms with van der Waals surface area (Å²) in [6, 6.07) is 9.71. The van der Waals surface area contributed by atoms with Gasteiger partial charge < -0.3 is 9.72 Å². The van der Waals surface area contributed by atoms with Crippen molar-refractivity contribution in [3.63, 3.8) is 0 Å². The van der Waals surface area contributed by atoms with E-state index in [1.54, 1.807) is 6.20 Å². The maximum absolute atomic E-state index is 11.7. The number of nitrogens with zero attached hydrogens (tertiary/aromatic N) is 2. The third kappa shape index (κ3) is 1.95. The van der Waals surface area contributed by atoms with E-state index in [2.05, 4.69) is 15.0 Å². The molecule has 3 aromatic rings. The first kappa shape index (κ1) is 11.4. The molecule has 0 atom stereocenters. The molecule has 2 heterocycles. The zero-order valence-electron chi connectivity index (χ0n) is 10.3. The Labute approximate surface area is 108 Å². The van der Waals surface area contributed by atoms with Gasteiger partial charge in [0.05, 0.1) is 19.0 Å². The molecule has 3 rings (SSSR count). The Kier molecular flexibility index (Phi) is 2.72. The quantitative estimate of drug-likeness (QED) is 0.758. The van der Waals surface area contributed by atoms with Crippen LogP contribution in [0.25, 0.3) is 22.2 Å². The average Bonchev–Trinajstić information content (AvgIpc) is 2.46. The molecule has 5 nitrogen and oxygen atoms in total.